The van der Waals surface area contributed by atoms with E-state index in [0.29, 0.717) is 5.92 Å². The summed E-state index contributed by atoms with van der Waals surface area (Å²) in [6.07, 6.45) is 2.98. The van der Waals surface area contributed by atoms with Crippen molar-refractivity contribution in [3.8, 4) is 17.3 Å². The summed E-state index contributed by atoms with van der Waals surface area (Å²) in [5, 5.41) is 12.2. The minimum atomic E-state index is 0.202. The average Bonchev–Trinajstić information content (AvgIpc) is 3.07. The molecular formula is C27H29N2O+. The highest BCUT2D eigenvalue weighted by atomic mass is 16.3. The third kappa shape index (κ3) is 3.17. The second-order valence-electron chi connectivity index (χ2n) is 9.00. The first kappa shape index (κ1) is 20.2. The van der Waals surface area contributed by atoms with Crippen molar-refractivity contribution in [1.82, 2.24) is 0 Å². The van der Waals surface area contributed by atoms with Crippen LogP contribution in [0.15, 0.2) is 47.0 Å². The fraction of sp³-hybridized carbons (Fsp3) is 0.333. The number of rotatable bonds is 4. The molecule has 0 aliphatic carbocycles. The number of aryl methyl sites for hydroxylation is 2. The maximum atomic E-state index is 9.88. The topological polar surface area (TPSA) is 40.8 Å². The minimum Gasteiger partial charge on any atom is -0.455 e. The molecule has 0 bridgehead atoms. The van der Waals surface area contributed by atoms with Crippen molar-refractivity contribution in [2.45, 2.75) is 47.0 Å². The molecule has 0 aliphatic heterocycles. The lowest BCUT2D eigenvalue weighted by Crippen LogP contribution is -2.30. The summed E-state index contributed by atoms with van der Waals surface area (Å²) < 4.78 is 8.80. The first-order chi connectivity index (χ1) is 14.3. The largest absolute Gasteiger partial charge is 0.455 e. The highest BCUT2D eigenvalue weighted by Crippen LogP contribution is 2.42. The summed E-state index contributed by atoms with van der Waals surface area (Å²) in [6.45, 7) is 10.8. The Labute approximate surface area is 178 Å². The molecule has 0 saturated heterocycles. The normalized spacial score (nSPS) is 11.7. The monoisotopic (exact) mass is 397 g/mol. The van der Waals surface area contributed by atoms with Crippen molar-refractivity contribution in [2.24, 2.45) is 13.0 Å². The van der Waals surface area contributed by atoms with Gasteiger partial charge in [0.2, 0.25) is 5.69 Å². The fourth-order valence-electron chi connectivity index (χ4n) is 4.58. The number of furan rings is 1. The van der Waals surface area contributed by atoms with Crippen LogP contribution >= 0.6 is 0 Å². The Balaban J connectivity index is 2.21. The van der Waals surface area contributed by atoms with E-state index in [0.717, 1.165) is 45.4 Å². The van der Waals surface area contributed by atoms with Gasteiger partial charge in [-0.25, -0.2) is 4.57 Å². The van der Waals surface area contributed by atoms with E-state index in [9.17, 15) is 5.26 Å². The van der Waals surface area contributed by atoms with Crippen LogP contribution in [0.25, 0.3) is 33.2 Å². The number of fused-ring (bicyclic) bond motifs is 3. The van der Waals surface area contributed by atoms with Crippen LogP contribution in [0.3, 0.4) is 0 Å². The van der Waals surface area contributed by atoms with Crippen molar-refractivity contribution in [1.29, 1.82) is 5.26 Å². The van der Waals surface area contributed by atoms with Crippen LogP contribution in [-0.4, -0.2) is 0 Å². The zero-order valence-corrected chi connectivity index (χ0v) is 18.7. The molecule has 0 atom stereocenters. The number of aromatic nitrogens is 1. The Bertz CT molecular complexity index is 1300. The zero-order chi connectivity index (χ0) is 21.6. The van der Waals surface area contributed by atoms with E-state index >= 15 is 0 Å². The van der Waals surface area contributed by atoms with Crippen LogP contribution in [0.2, 0.25) is 0 Å². The van der Waals surface area contributed by atoms with E-state index in [4.69, 9.17) is 4.42 Å². The number of nitrogens with zero attached hydrogens (tertiary/aromatic N) is 2. The number of pyridine rings is 1. The zero-order valence-electron chi connectivity index (χ0n) is 18.7. The average molecular weight is 398 g/mol. The van der Waals surface area contributed by atoms with E-state index in [1.165, 1.54) is 16.5 Å². The predicted octanol–water partition coefficient (Wildman–Crippen LogP) is 6.58. The Hall–Kier alpha value is -3.12. The molecule has 0 amide bonds. The maximum absolute atomic E-state index is 9.88. The molecule has 0 aliphatic rings. The van der Waals surface area contributed by atoms with Crippen molar-refractivity contribution >= 4 is 21.9 Å². The van der Waals surface area contributed by atoms with Gasteiger partial charge in [0.25, 0.3) is 0 Å². The van der Waals surface area contributed by atoms with Gasteiger partial charge in [-0.05, 0) is 48.4 Å². The van der Waals surface area contributed by atoms with E-state index < -0.39 is 0 Å². The van der Waals surface area contributed by atoms with Crippen LogP contribution in [0.4, 0.5) is 0 Å². The summed E-state index contributed by atoms with van der Waals surface area (Å²) in [4.78, 5) is 0. The second-order valence-corrected chi connectivity index (χ2v) is 9.00. The van der Waals surface area contributed by atoms with Gasteiger partial charge < -0.3 is 4.42 Å². The fourth-order valence-corrected chi connectivity index (χ4v) is 4.58. The van der Waals surface area contributed by atoms with Crippen LogP contribution in [0, 0.1) is 24.2 Å². The van der Waals surface area contributed by atoms with Gasteiger partial charge in [-0.2, -0.15) is 5.26 Å². The number of hydrogen-bond donors (Lipinski definition) is 0. The molecule has 3 heteroatoms. The molecule has 0 spiro atoms. The quantitative estimate of drug-likeness (QED) is 0.365. The van der Waals surface area contributed by atoms with Crippen LogP contribution < -0.4 is 4.57 Å². The molecule has 0 unspecified atom stereocenters. The molecule has 152 valence electrons. The number of nitriles is 1. The molecule has 2 heterocycles. The molecule has 3 nitrogen and oxygen atoms in total. The third-order valence-electron chi connectivity index (χ3n) is 5.88. The Morgan fingerprint density at radius 2 is 1.83 bits per heavy atom. The molecule has 4 aromatic rings. The van der Waals surface area contributed by atoms with Crippen LogP contribution in [-0.2, 0) is 13.5 Å². The van der Waals surface area contributed by atoms with Crippen molar-refractivity contribution < 1.29 is 8.98 Å². The Morgan fingerprint density at radius 3 is 2.47 bits per heavy atom. The van der Waals surface area contributed by atoms with E-state index in [2.05, 4.69) is 88.8 Å². The van der Waals surface area contributed by atoms with Gasteiger partial charge in [0, 0.05) is 28.5 Å². The summed E-state index contributed by atoms with van der Waals surface area (Å²) in [7, 11) is 2.06. The first-order valence-corrected chi connectivity index (χ1v) is 10.7. The lowest BCUT2D eigenvalue weighted by atomic mass is 9.89. The highest BCUT2D eigenvalue weighted by Gasteiger charge is 2.25. The number of benzene rings is 2. The molecular weight excluding hydrogens is 368 g/mol. The molecule has 2 aromatic carbocycles. The highest BCUT2D eigenvalue weighted by molar-refractivity contribution is 6.12. The molecule has 4 rings (SSSR count). The summed E-state index contributed by atoms with van der Waals surface area (Å²) in [5.41, 5.74) is 8.15. The Morgan fingerprint density at radius 1 is 1.07 bits per heavy atom. The molecule has 0 fully saturated rings. The lowest BCUT2D eigenvalue weighted by molar-refractivity contribution is -0.660. The van der Waals surface area contributed by atoms with Crippen LogP contribution in [0.1, 0.15) is 55.9 Å². The van der Waals surface area contributed by atoms with Gasteiger partial charge in [-0.1, -0.05) is 39.8 Å². The smallest absolute Gasteiger partial charge is 0.216 e. The molecule has 0 N–H and O–H groups in total. The van der Waals surface area contributed by atoms with E-state index in [1.54, 1.807) is 0 Å². The Kier molecular flexibility index (Phi) is 5.12. The van der Waals surface area contributed by atoms with Crippen molar-refractivity contribution in [3.05, 3.63) is 64.8 Å². The third-order valence-corrected chi connectivity index (χ3v) is 5.88. The van der Waals surface area contributed by atoms with Crippen molar-refractivity contribution in [3.63, 3.8) is 0 Å². The van der Waals surface area contributed by atoms with Gasteiger partial charge in [0.15, 0.2) is 6.20 Å². The van der Waals surface area contributed by atoms with E-state index in [-0.39, 0.29) is 5.92 Å². The van der Waals surface area contributed by atoms with Gasteiger partial charge >= 0.3 is 0 Å². The van der Waals surface area contributed by atoms with Crippen LogP contribution in [0.5, 0.6) is 0 Å². The first-order valence-electron chi connectivity index (χ1n) is 10.7. The lowest BCUT2D eigenvalue weighted by Gasteiger charge is -2.13. The van der Waals surface area contributed by atoms with Gasteiger partial charge in [-0.15, -0.1) is 0 Å². The van der Waals surface area contributed by atoms with Gasteiger partial charge in [0.1, 0.15) is 18.2 Å². The maximum Gasteiger partial charge on any atom is 0.216 e. The SMILES string of the molecule is Cc1ccc2c(oc3c(C(C)C)c(C#N)cc(CC(C)C)c32)c1-c1cccc[n+]1C. The molecule has 0 saturated carbocycles. The minimum absolute atomic E-state index is 0.202. The molecule has 2 aromatic heterocycles. The summed E-state index contributed by atoms with van der Waals surface area (Å²) in [5.74, 6) is 0.694. The predicted molar refractivity (Wildman–Crippen MR) is 122 cm³/mol. The van der Waals surface area contributed by atoms with E-state index in [1.807, 2.05) is 6.07 Å². The van der Waals surface area contributed by atoms with Crippen molar-refractivity contribution in [2.75, 3.05) is 0 Å². The second kappa shape index (κ2) is 7.61. The van der Waals surface area contributed by atoms with Gasteiger partial charge in [0.05, 0.1) is 17.2 Å². The van der Waals surface area contributed by atoms with Gasteiger partial charge in [-0.3, -0.25) is 0 Å². The summed E-state index contributed by atoms with van der Waals surface area (Å²) >= 11 is 0. The molecule has 30 heavy (non-hydrogen) atoms. The summed E-state index contributed by atoms with van der Waals surface area (Å²) in [6, 6.07) is 15.1. The molecule has 0 radical (unpaired) electrons. The standard InChI is InChI=1S/C27H29N2O/c1-16(2)13-19-14-20(15-28)23(17(3)4)27-25(19)21-11-10-18(5)24(26(21)30-27)22-9-7-8-12-29(22)6/h7-12,14,16-17H,13H2,1-6H3/q+1. The number of hydrogen-bond acceptors (Lipinski definition) is 2.